The Labute approximate surface area is 159 Å². The van der Waals surface area contributed by atoms with Gasteiger partial charge in [-0.3, -0.25) is 15.1 Å². The largest absolute Gasteiger partial charge is 0.496 e. The highest BCUT2D eigenvalue weighted by Crippen LogP contribution is 2.41. The van der Waals surface area contributed by atoms with Crippen molar-refractivity contribution in [3.05, 3.63) is 63.6 Å². The smallest absolute Gasteiger partial charge is 0.255 e. The molecule has 0 aliphatic carbocycles. The van der Waals surface area contributed by atoms with E-state index in [1.165, 1.54) is 0 Å². The number of carbonyl (C=O) groups is 1. The standard InChI is InChI=1S/C19H18BrN3O3/c1-25-16-7-6-11(10-14(16)20)18-21-19(24)13-5-3-4-12-15(22-26-2)8-9-23(18)17(12)13/h3-8,10,18,22H,9H2,1-2H3,(H,21,24). The number of methoxy groups -OCH3 is 1. The van der Waals surface area contributed by atoms with Crippen LogP contribution in [0.2, 0.25) is 0 Å². The lowest BCUT2D eigenvalue weighted by molar-refractivity contribution is 0.0926. The van der Waals surface area contributed by atoms with Crippen LogP contribution >= 0.6 is 15.9 Å². The van der Waals surface area contributed by atoms with Gasteiger partial charge < -0.3 is 15.0 Å². The van der Waals surface area contributed by atoms with E-state index in [-0.39, 0.29) is 12.1 Å². The van der Waals surface area contributed by atoms with Gasteiger partial charge in [0.2, 0.25) is 0 Å². The summed E-state index contributed by atoms with van der Waals surface area (Å²) in [6.45, 7) is 0.643. The Bertz CT molecular complexity index is 913. The predicted octanol–water partition coefficient (Wildman–Crippen LogP) is 3.21. The van der Waals surface area contributed by atoms with Crippen LogP contribution in [0.5, 0.6) is 5.75 Å². The van der Waals surface area contributed by atoms with Crippen molar-refractivity contribution in [3.8, 4) is 5.75 Å². The van der Waals surface area contributed by atoms with Crippen molar-refractivity contribution in [2.75, 3.05) is 25.7 Å². The van der Waals surface area contributed by atoms with Crippen molar-refractivity contribution in [3.63, 3.8) is 0 Å². The molecule has 0 saturated heterocycles. The first kappa shape index (κ1) is 16.9. The van der Waals surface area contributed by atoms with Gasteiger partial charge in [-0.15, -0.1) is 0 Å². The van der Waals surface area contributed by atoms with Crippen molar-refractivity contribution in [1.29, 1.82) is 0 Å². The van der Waals surface area contributed by atoms with Gasteiger partial charge in [-0.05, 0) is 45.8 Å². The molecule has 0 aromatic heterocycles. The van der Waals surface area contributed by atoms with Gasteiger partial charge in [0.15, 0.2) is 0 Å². The summed E-state index contributed by atoms with van der Waals surface area (Å²) in [5.74, 6) is 0.663. The Hall–Kier alpha value is -2.51. The minimum atomic E-state index is -0.265. The van der Waals surface area contributed by atoms with Crippen LogP contribution in [0, 0.1) is 0 Å². The minimum absolute atomic E-state index is 0.0892. The molecule has 2 N–H and O–H groups in total. The van der Waals surface area contributed by atoms with E-state index in [0.29, 0.717) is 12.1 Å². The molecule has 2 aromatic carbocycles. The number of rotatable bonds is 4. The van der Waals surface area contributed by atoms with E-state index in [4.69, 9.17) is 9.57 Å². The Kier molecular flexibility index (Phi) is 4.34. The molecule has 2 aromatic rings. The lowest BCUT2D eigenvalue weighted by atomic mass is 9.95. The maximum atomic E-state index is 12.7. The average molecular weight is 416 g/mol. The van der Waals surface area contributed by atoms with Gasteiger partial charge in [-0.2, -0.15) is 0 Å². The molecular formula is C19H18BrN3O3. The number of nitrogens with zero attached hydrogens (tertiary/aromatic N) is 1. The molecule has 2 aliphatic heterocycles. The molecule has 1 unspecified atom stereocenters. The minimum Gasteiger partial charge on any atom is -0.496 e. The maximum Gasteiger partial charge on any atom is 0.255 e. The van der Waals surface area contributed by atoms with Crippen LogP contribution in [-0.4, -0.2) is 26.7 Å². The van der Waals surface area contributed by atoms with E-state index in [9.17, 15) is 4.79 Å². The maximum absolute atomic E-state index is 12.7. The van der Waals surface area contributed by atoms with E-state index in [1.807, 2.05) is 36.4 Å². The summed E-state index contributed by atoms with van der Waals surface area (Å²) < 4.78 is 6.16. The summed E-state index contributed by atoms with van der Waals surface area (Å²) in [6.07, 6.45) is 1.79. The number of hydroxylamine groups is 1. The summed E-state index contributed by atoms with van der Waals surface area (Å²) in [5, 5.41) is 3.11. The molecule has 0 saturated carbocycles. The van der Waals surface area contributed by atoms with E-state index in [2.05, 4.69) is 37.7 Å². The summed E-state index contributed by atoms with van der Waals surface area (Å²) in [7, 11) is 3.21. The number of hydrogen-bond acceptors (Lipinski definition) is 5. The van der Waals surface area contributed by atoms with Gasteiger partial charge in [0.1, 0.15) is 11.9 Å². The van der Waals surface area contributed by atoms with Gasteiger partial charge >= 0.3 is 0 Å². The third kappa shape index (κ3) is 2.64. The Morgan fingerprint density at radius 3 is 2.77 bits per heavy atom. The first-order chi connectivity index (χ1) is 12.6. The van der Waals surface area contributed by atoms with E-state index in [0.717, 1.165) is 32.7 Å². The molecule has 26 heavy (non-hydrogen) atoms. The third-order valence-electron chi connectivity index (χ3n) is 4.63. The molecule has 2 aliphatic rings. The molecule has 0 fully saturated rings. The van der Waals surface area contributed by atoms with Crippen molar-refractivity contribution >= 4 is 33.2 Å². The first-order valence-corrected chi connectivity index (χ1v) is 8.97. The number of halogens is 1. The number of carbonyl (C=O) groups excluding carboxylic acids is 1. The highest BCUT2D eigenvalue weighted by molar-refractivity contribution is 9.10. The van der Waals surface area contributed by atoms with Gasteiger partial charge in [0.25, 0.3) is 5.91 Å². The summed E-state index contributed by atoms with van der Waals surface area (Å²) in [4.78, 5) is 20.0. The Morgan fingerprint density at radius 1 is 1.23 bits per heavy atom. The van der Waals surface area contributed by atoms with Gasteiger partial charge in [-0.25, -0.2) is 0 Å². The average Bonchev–Trinajstić information content (AvgIpc) is 2.66. The monoisotopic (exact) mass is 415 g/mol. The fourth-order valence-electron chi connectivity index (χ4n) is 3.48. The van der Waals surface area contributed by atoms with Crippen LogP contribution in [0.25, 0.3) is 5.70 Å². The zero-order valence-corrected chi connectivity index (χ0v) is 16.0. The fourth-order valence-corrected chi connectivity index (χ4v) is 4.04. The van der Waals surface area contributed by atoms with Gasteiger partial charge in [0, 0.05) is 12.1 Å². The summed E-state index contributed by atoms with van der Waals surface area (Å²) in [5.41, 5.74) is 7.27. The lowest BCUT2D eigenvalue weighted by Gasteiger charge is -2.42. The second kappa shape index (κ2) is 6.66. The van der Waals surface area contributed by atoms with Crippen molar-refractivity contribution in [1.82, 2.24) is 10.8 Å². The molecular weight excluding hydrogens is 398 g/mol. The Morgan fingerprint density at radius 2 is 2.04 bits per heavy atom. The molecule has 0 bridgehead atoms. The van der Waals surface area contributed by atoms with Crippen LogP contribution in [0.4, 0.5) is 5.69 Å². The topological polar surface area (TPSA) is 62.8 Å². The lowest BCUT2D eigenvalue weighted by Crippen LogP contribution is -2.48. The number of para-hydroxylation sites is 1. The van der Waals surface area contributed by atoms with Gasteiger partial charge in [0.05, 0.1) is 35.6 Å². The fraction of sp³-hybridized carbons (Fsp3) is 0.211. The zero-order valence-electron chi connectivity index (χ0n) is 14.4. The number of hydrogen-bond donors (Lipinski definition) is 2. The second-order valence-electron chi connectivity index (χ2n) is 6.05. The number of anilines is 1. The molecule has 6 nitrogen and oxygen atoms in total. The molecule has 0 spiro atoms. The molecule has 1 amide bonds. The Balaban J connectivity index is 1.81. The normalized spacial score (nSPS) is 18.0. The second-order valence-corrected chi connectivity index (χ2v) is 6.90. The predicted molar refractivity (Wildman–Crippen MR) is 103 cm³/mol. The van der Waals surface area contributed by atoms with E-state index < -0.39 is 0 Å². The first-order valence-electron chi connectivity index (χ1n) is 8.17. The molecule has 4 rings (SSSR count). The summed E-state index contributed by atoms with van der Waals surface area (Å²) in [6, 6.07) is 11.6. The molecule has 134 valence electrons. The summed E-state index contributed by atoms with van der Waals surface area (Å²) >= 11 is 3.53. The number of ether oxygens (including phenoxy) is 1. The number of amides is 1. The zero-order chi connectivity index (χ0) is 18.3. The van der Waals surface area contributed by atoms with Crippen molar-refractivity contribution in [2.45, 2.75) is 6.17 Å². The van der Waals surface area contributed by atoms with Crippen LogP contribution < -0.4 is 20.4 Å². The third-order valence-corrected chi connectivity index (χ3v) is 5.25. The van der Waals surface area contributed by atoms with Gasteiger partial charge in [-0.1, -0.05) is 18.2 Å². The molecule has 7 heteroatoms. The van der Waals surface area contributed by atoms with Crippen LogP contribution in [0.15, 0.2) is 46.9 Å². The highest BCUT2D eigenvalue weighted by atomic mass is 79.9. The SMILES string of the molecule is CONC1=CCN2c3c(cccc31)C(=O)NC2c1ccc(OC)c(Br)c1. The van der Waals surface area contributed by atoms with E-state index in [1.54, 1.807) is 14.2 Å². The van der Waals surface area contributed by atoms with Crippen LogP contribution in [-0.2, 0) is 4.84 Å². The molecule has 2 heterocycles. The molecule has 0 radical (unpaired) electrons. The van der Waals surface area contributed by atoms with Crippen LogP contribution in [0.3, 0.4) is 0 Å². The van der Waals surface area contributed by atoms with Crippen LogP contribution in [0.1, 0.15) is 27.7 Å². The molecule has 1 atom stereocenters. The highest BCUT2D eigenvalue weighted by Gasteiger charge is 2.35. The quantitative estimate of drug-likeness (QED) is 0.750. The number of benzene rings is 2. The van der Waals surface area contributed by atoms with E-state index >= 15 is 0 Å². The van der Waals surface area contributed by atoms with Crippen molar-refractivity contribution in [2.24, 2.45) is 0 Å². The number of nitrogens with one attached hydrogen (secondary N) is 2. The van der Waals surface area contributed by atoms with Crippen molar-refractivity contribution < 1.29 is 14.4 Å².